The zero-order valence-electron chi connectivity index (χ0n) is 17.4. The van der Waals surface area contributed by atoms with Crippen LogP contribution in [0.15, 0.2) is 76.5 Å². The van der Waals surface area contributed by atoms with E-state index in [1.54, 1.807) is 23.4 Å². The first-order chi connectivity index (χ1) is 15.7. The number of ether oxygens (including phenoxy) is 1. The van der Waals surface area contributed by atoms with E-state index in [2.05, 4.69) is 41.0 Å². The van der Waals surface area contributed by atoms with Crippen LogP contribution in [0.5, 0.6) is 5.75 Å². The fourth-order valence-corrected chi connectivity index (χ4v) is 5.27. The topological polar surface area (TPSA) is 61.4 Å². The highest BCUT2D eigenvalue weighted by molar-refractivity contribution is 7.98. The molecule has 32 heavy (non-hydrogen) atoms. The summed E-state index contributed by atoms with van der Waals surface area (Å²) in [5, 5.41) is 11.5. The van der Waals surface area contributed by atoms with Crippen molar-refractivity contribution in [2.75, 3.05) is 7.11 Å². The summed E-state index contributed by atoms with van der Waals surface area (Å²) in [5.41, 5.74) is 4.06. The molecule has 0 aliphatic rings. The molecule has 0 atom stereocenters. The van der Waals surface area contributed by atoms with Crippen molar-refractivity contribution in [1.29, 1.82) is 0 Å². The monoisotopic (exact) mass is 460 g/mol. The van der Waals surface area contributed by atoms with E-state index in [0.29, 0.717) is 17.0 Å². The molecule has 3 aromatic heterocycles. The van der Waals surface area contributed by atoms with Crippen molar-refractivity contribution in [3.05, 3.63) is 93.6 Å². The van der Waals surface area contributed by atoms with Gasteiger partial charge in [-0.2, -0.15) is 0 Å². The van der Waals surface area contributed by atoms with E-state index >= 15 is 0 Å². The Morgan fingerprint density at radius 2 is 1.81 bits per heavy atom. The lowest BCUT2D eigenvalue weighted by molar-refractivity contribution is 0.414. The van der Waals surface area contributed by atoms with E-state index in [9.17, 15) is 4.79 Å². The molecule has 0 unspecified atom stereocenters. The van der Waals surface area contributed by atoms with Crippen LogP contribution in [0.25, 0.3) is 22.1 Å². The van der Waals surface area contributed by atoms with Gasteiger partial charge in [-0.05, 0) is 40.3 Å². The highest BCUT2D eigenvalue weighted by Gasteiger charge is 2.18. The molecule has 6 nitrogen and oxygen atoms in total. The van der Waals surface area contributed by atoms with Gasteiger partial charge in [-0.25, -0.2) is 0 Å². The fourth-order valence-electron chi connectivity index (χ4n) is 3.55. The number of fused-ring (bicyclic) bond motifs is 3. The number of hydrogen-bond donors (Lipinski definition) is 0. The summed E-state index contributed by atoms with van der Waals surface area (Å²) < 4.78 is 9.61. The number of benzene rings is 2. The third-order valence-electron chi connectivity index (χ3n) is 5.27. The molecule has 2 aromatic carbocycles. The molecule has 0 spiro atoms. The van der Waals surface area contributed by atoms with Gasteiger partial charge in [0, 0.05) is 5.75 Å². The van der Waals surface area contributed by atoms with E-state index in [-0.39, 0.29) is 5.56 Å². The molecule has 0 saturated heterocycles. The second-order valence-electron chi connectivity index (χ2n) is 7.23. The van der Waals surface area contributed by atoms with Gasteiger partial charge >= 0.3 is 0 Å². The molecular formula is C24H20N4O2S2. The smallest absolute Gasteiger partial charge is 0.273 e. The molecule has 0 aliphatic carbocycles. The van der Waals surface area contributed by atoms with Crippen LogP contribution in [-0.4, -0.2) is 26.3 Å². The van der Waals surface area contributed by atoms with Crippen LogP contribution in [-0.2, 0) is 12.3 Å². The van der Waals surface area contributed by atoms with Crippen molar-refractivity contribution in [2.24, 2.45) is 0 Å². The molecule has 8 heteroatoms. The van der Waals surface area contributed by atoms with Crippen molar-refractivity contribution < 1.29 is 4.74 Å². The molecule has 0 bridgehead atoms. The SMILES string of the molecule is C=Cc1ccc(CSc2nnc3n(Cc4ccc(OC)cc4)c(=O)c4sccc4n23)cc1. The highest BCUT2D eigenvalue weighted by atomic mass is 32.2. The number of aromatic nitrogens is 4. The van der Waals surface area contributed by atoms with Gasteiger partial charge in [0.05, 0.1) is 19.2 Å². The molecule has 5 aromatic rings. The van der Waals surface area contributed by atoms with Crippen LogP contribution in [0.1, 0.15) is 16.7 Å². The third-order valence-corrected chi connectivity index (χ3v) is 7.16. The van der Waals surface area contributed by atoms with Crippen molar-refractivity contribution in [1.82, 2.24) is 19.2 Å². The summed E-state index contributed by atoms with van der Waals surface area (Å²) in [6.45, 7) is 4.21. The average molecular weight is 461 g/mol. The first-order valence-corrected chi connectivity index (χ1v) is 11.9. The zero-order valence-corrected chi connectivity index (χ0v) is 19.0. The molecule has 160 valence electrons. The molecular weight excluding hydrogens is 440 g/mol. The predicted octanol–water partition coefficient (Wildman–Crippen LogP) is 5.10. The van der Waals surface area contributed by atoms with E-state index in [1.165, 1.54) is 16.9 Å². The minimum atomic E-state index is -0.0534. The van der Waals surface area contributed by atoms with Crippen molar-refractivity contribution in [2.45, 2.75) is 17.5 Å². The standard InChI is InChI=1S/C24H20N4O2S2/c1-3-16-4-6-18(7-5-16)15-32-24-26-25-23-27(14-17-8-10-19(30-2)11-9-17)22(29)21-20(28(23)24)12-13-31-21/h3-13H,1,14-15H2,2H3. The van der Waals surface area contributed by atoms with Crippen LogP contribution in [0, 0.1) is 0 Å². The maximum absolute atomic E-state index is 13.2. The highest BCUT2D eigenvalue weighted by Crippen LogP contribution is 2.27. The summed E-state index contributed by atoms with van der Waals surface area (Å²) in [5.74, 6) is 2.07. The Morgan fingerprint density at radius 3 is 2.53 bits per heavy atom. The molecule has 0 saturated carbocycles. The number of methoxy groups -OCH3 is 1. The Bertz CT molecular complexity index is 1460. The third kappa shape index (κ3) is 3.72. The maximum atomic E-state index is 13.2. The molecule has 0 radical (unpaired) electrons. The quantitative estimate of drug-likeness (QED) is 0.316. The van der Waals surface area contributed by atoms with Gasteiger partial charge in [0.15, 0.2) is 5.16 Å². The Labute approximate surface area is 192 Å². The predicted molar refractivity (Wildman–Crippen MR) is 131 cm³/mol. The minimum Gasteiger partial charge on any atom is -0.497 e. The first-order valence-electron chi connectivity index (χ1n) is 10.00. The summed E-state index contributed by atoms with van der Waals surface area (Å²) in [6, 6.07) is 17.9. The number of thioether (sulfide) groups is 1. The largest absolute Gasteiger partial charge is 0.497 e. The fraction of sp³-hybridized carbons (Fsp3) is 0.125. The molecule has 5 rings (SSSR count). The van der Waals surface area contributed by atoms with Gasteiger partial charge < -0.3 is 4.74 Å². The second-order valence-corrected chi connectivity index (χ2v) is 9.09. The summed E-state index contributed by atoms with van der Waals surface area (Å²) in [7, 11) is 1.64. The van der Waals surface area contributed by atoms with Crippen LogP contribution in [0.3, 0.4) is 0 Å². The van der Waals surface area contributed by atoms with Gasteiger partial charge in [0.1, 0.15) is 10.4 Å². The minimum absolute atomic E-state index is 0.0534. The average Bonchev–Trinajstić information content (AvgIpc) is 3.48. The summed E-state index contributed by atoms with van der Waals surface area (Å²) in [4.78, 5) is 13.2. The van der Waals surface area contributed by atoms with Crippen LogP contribution >= 0.6 is 23.1 Å². The summed E-state index contributed by atoms with van der Waals surface area (Å²) in [6.07, 6.45) is 1.83. The van der Waals surface area contributed by atoms with Crippen LogP contribution in [0.4, 0.5) is 0 Å². The molecule has 3 heterocycles. The van der Waals surface area contributed by atoms with Crippen molar-refractivity contribution in [3.63, 3.8) is 0 Å². The van der Waals surface area contributed by atoms with Gasteiger partial charge in [-0.3, -0.25) is 13.8 Å². The number of nitrogens with zero attached hydrogens (tertiary/aromatic N) is 4. The Balaban J connectivity index is 1.54. The normalized spacial score (nSPS) is 11.3. The lowest BCUT2D eigenvalue weighted by Crippen LogP contribution is -2.23. The Morgan fingerprint density at radius 1 is 1.06 bits per heavy atom. The molecule has 0 amide bonds. The van der Waals surface area contributed by atoms with E-state index in [1.807, 2.05) is 46.2 Å². The zero-order chi connectivity index (χ0) is 22.1. The van der Waals surface area contributed by atoms with Crippen LogP contribution in [0.2, 0.25) is 0 Å². The van der Waals surface area contributed by atoms with E-state index in [0.717, 1.165) is 33.3 Å². The maximum Gasteiger partial charge on any atom is 0.273 e. The molecule has 0 N–H and O–H groups in total. The first kappa shape index (κ1) is 20.5. The molecule has 0 aliphatic heterocycles. The van der Waals surface area contributed by atoms with Gasteiger partial charge in [-0.1, -0.05) is 60.8 Å². The second kappa shape index (κ2) is 8.64. The van der Waals surface area contributed by atoms with E-state index in [4.69, 9.17) is 4.74 Å². The van der Waals surface area contributed by atoms with E-state index < -0.39 is 0 Å². The lowest BCUT2D eigenvalue weighted by atomic mass is 10.1. The number of rotatable bonds is 7. The van der Waals surface area contributed by atoms with Gasteiger partial charge in [0.25, 0.3) is 5.56 Å². The lowest BCUT2D eigenvalue weighted by Gasteiger charge is -2.10. The van der Waals surface area contributed by atoms with Crippen molar-refractivity contribution >= 4 is 45.2 Å². The Hall–Kier alpha value is -3.36. The Kier molecular flexibility index (Phi) is 5.55. The van der Waals surface area contributed by atoms with Gasteiger partial charge in [0.2, 0.25) is 5.78 Å². The number of thiophene rings is 1. The van der Waals surface area contributed by atoms with Crippen LogP contribution < -0.4 is 10.3 Å². The van der Waals surface area contributed by atoms with Crippen molar-refractivity contribution in [3.8, 4) is 5.75 Å². The molecule has 0 fully saturated rings. The summed E-state index contributed by atoms with van der Waals surface area (Å²) >= 11 is 3.05. The number of hydrogen-bond acceptors (Lipinski definition) is 6. The van der Waals surface area contributed by atoms with Gasteiger partial charge in [-0.15, -0.1) is 21.5 Å².